The van der Waals surface area contributed by atoms with Crippen LogP contribution in [-0.4, -0.2) is 49.2 Å². The second-order valence-corrected chi connectivity index (χ2v) is 7.71. The number of carbonyl (C=O) groups excluding carboxylic acids is 2. The van der Waals surface area contributed by atoms with Crippen LogP contribution in [0.25, 0.3) is 0 Å². The van der Waals surface area contributed by atoms with E-state index in [2.05, 4.69) is 10.6 Å². The van der Waals surface area contributed by atoms with Crippen molar-refractivity contribution in [2.45, 2.75) is 38.1 Å². The van der Waals surface area contributed by atoms with Gasteiger partial charge in [-0.1, -0.05) is 11.6 Å². The molecule has 0 spiro atoms. The standard InChI is InChI=1S/C19H24ClN3O4/c20-14-10-16-17(27-9-1-8-26-16)11-15(14)22-19(25)23-6-4-12(5-7-23)18(24)21-13-2-3-13/h10-13H,1-9H2,(H,21,24)(H,22,25). The van der Waals surface area contributed by atoms with Crippen molar-refractivity contribution in [2.24, 2.45) is 5.92 Å². The van der Waals surface area contributed by atoms with Crippen molar-refractivity contribution in [3.05, 3.63) is 17.2 Å². The summed E-state index contributed by atoms with van der Waals surface area (Å²) in [6, 6.07) is 3.54. The number of amides is 3. The minimum atomic E-state index is -0.215. The summed E-state index contributed by atoms with van der Waals surface area (Å²) in [5.74, 6) is 1.31. The van der Waals surface area contributed by atoms with Crippen LogP contribution >= 0.6 is 11.6 Å². The van der Waals surface area contributed by atoms with Gasteiger partial charge in [-0.3, -0.25) is 4.79 Å². The second kappa shape index (κ2) is 7.84. The highest BCUT2D eigenvalue weighted by atomic mass is 35.5. The number of carbonyl (C=O) groups is 2. The maximum absolute atomic E-state index is 12.6. The van der Waals surface area contributed by atoms with Crippen LogP contribution in [0.15, 0.2) is 12.1 Å². The molecule has 1 saturated carbocycles. The molecule has 1 saturated heterocycles. The molecular formula is C19H24ClN3O4. The van der Waals surface area contributed by atoms with Crippen molar-refractivity contribution < 1.29 is 19.1 Å². The fraction of sp³-hybridized carbons (Fsp3) is 0.579. The van der Waals surface area contributed by atoms with Crippen molar-refractivity contribution in [1.82, 2.24) is 10.2 Å². The number of rotatable bonds is 3. The maximum atomic E-state index is 12.6. The van der Waals surface area contributed by atoms with Crippen LogP contribution in [0, 0.1) is 5.92 Å². The van der Waals surface area contributed by atoms with E-state index in [-0.39, 0.29) is 17.9 Å². The molecule has 146 valence electrons. The molecule has 2 heterocycles. The van der Waals surface area contributed by atoms with Gasteiger partial charge in [-0.15, -0.1) is 0 Å². The summed E-state index contributed by atoms with van der Waals surface area (Å²) in [4.78, 5) is 26.5. The predicted octanol–water partition coefficient (Wildman–Crippen LogP) is 3.02. The third-order valence-corrected chi connectivity index (χ3v) is 5.47. The molecule has 1 aromatic carbocycles. The van der Waals surface area contributed by atoms with Gasteiger partial charge in [0.25, 0.3) is 0 Å². The molecule has 0 radical (unpaired) electrons. The topological polar surface area (TPSA) is 79.9 Å². The van der Waals surface area contributed by atoms with Gasteiger partial charge < -0.3 is 25.0 Å². The van der Waals surface area contributed by atoms with Crippen LogP contribution in [0.5, 0.6) is 11.5 Å². The first-order valence-electron chi connectivity index (χ1n) is 9.55. The molecule has 2 N–H and O–H groups in total. The first-order valence-corrected chi connectivity index (χ1v) is 9.93. The molecule has 3 amide bonds. The number of piperidine rings is 1. The van der Waals surface area contributed by atoms with Gasteiger partial charge in [0.15, 0.2) is 11.5 Å². The normalized spacial score (nSPS) is 20.0. The largest absolute Gasteiger partial charge is 0.490 e. The van der Waals surface area contributed by atoms with Crippen molar-refractivity contribution in [1.29, 1.82) is 0 Å². The number of fused-ring (bicyclic) bond motifs is 1. The van der Waals surface area contributed by atoms with Crippen molar-refractivity contribution in [3.8, 4) is 11.5 Å². The molecule has 0 unspecified atom stereocenters. The Morgan fingerprint density at radius 1 is 1.04 bits per heavy atom. The fourth-order valence-corrected chi connectivity index (χ4v) is 3.57. The summed E-state index contributed by atoms with van der Waals surface area (Å²) in [7, 11) is 0. The summed E-state index contributed by atoms with van der Waals surface area (Å²) in [6.45, 7) is 2.25. The Morgan fingerprint density at radius 3 is 2.37 bits per heavy atom. The van der Waals surface area contributed by atoms with E-state index in [4.69, 9.17) is 21.1 Å². The number of nitrogens with one attached hydrogen (secondary N) is 2. The molecule has 0 aromatic heterocycles. The van der Waals surface area contributed by atoms with Crippen molar-refractivity contribution >= 4 is 29.2 Å². The summed E-state index contributed by atoms with van der Waals surface area (Å²) in [6.07, 6.45) is 4.34. The summed E-state index contributed by atoms with van der Waals surface area (Å²) >= 11 is 6.29. The number of halogens is 1. The van der Waals surface area contributed by atoms with E-state index in [9.17, 15) is 9.59 Å². The molecule has 1 aliphatic carbocycles. The van der Waals surface area contributed by atoms with Gasteiger partial charge in [-0.25, -0.2) is 4.79 Å². The molecule has 2 aliphatic heterocycles. The highest BCUT2D eigenvalue weighted by Crippen LogP contribution is 2.37. The summed E-state index contributed by atoms with van der Waals surface area (Å²) in [5, 5.41) is 6.31. The van der Waals surface area contributed by atoms with Crippen LogP contribution in [0.1, 0.15) is 32.1 Å². The molecular weight excluding hydrogens is 370 g/mol. The Morgan fingerprint density at radius 2 is 1.70 bits per heavy atom. The van der Waals surface area contributed by atoms with E-state index in [0.29, 0.717) is 67.4 Å². The van der Waals surface area contributed by atoms with E-state index in [0.717, 1.165) is 19.3 Å². The third-order valence-electron chi connectivity index (χ3n) is 5.16. The summed E-state index contributed by atoms with van der Waals surface area (Å²) in [5.41, 5.74) is 0.500. The number of hydrogen-bond acceptors (Lipinski definition) is 4. The Balaban J connectivity index is 1.34. The molecule has 4 rings (SSSR count). The minimum absolute atomic E-state index is 0.00344. The smallest absolute Gasteiger partial charge is 0.321 e. The van der Waals surface area contributed by atoms with Gasteiger partial charge in [-0.2, -0.15) is 0 Å². The van der Waals surface area contributed by atoms with E-state index in [1.54, 1.807) is 17.0 Å². The quantitative estimate of drug-likeness (QED) is 0.827. The first kappa shape index (κ1) is 18.2. The van der Waals surface area contributed by atoms with Crippen LogP contribution in [0.3, 0.4) is 0 Å². The van der Waals surface area contributed by atoms with E-state index < -0.39 is 0 Å². The molecule has 27 heavy (non-hydrogen) atoms. The van der Waals surface area contributed by atoms with Crippen LogP contribution < -0.4 is 20.1 Å². The number of hydrogen-bond donors (Lipinski definition) is 2. The van der Waals surface area contributed by atoms with E-state index in [1.165, 1.54) is 0 Å². The zero-order chi connectivity index (χ0) is 18.8. The SMILES string of the molecule is O=C(NC1CC1)C1CCN(C(=O)Nc2cc3c(cc2Cl)OCCCO3)CC1. The third kappa shape index (κ3) is 4.40. The Hall–Kier alpha value is -2.15. The van der Waals surface area contributed by atoms with Crippen molar-refractivity contribution in [3.63, 3.8) is 0 Å². The molecule has 1 aromatic rings. The van der Waals surface area contributed by atoms with Crippen LogP contribution in [0.2, 0.25) is 5.02 Å². The number of likely N-dealkylation sites (tertiary alicyclic amines) is 1. The molecule has 0 bridgehead atoms. The number of ether oxygens (including phenoxy) is 2. The fourth-order valence-electron chi connectivity index (χ4n) is 3.37. The van der Waals surface area contributed by atoms with Crippen LogP contribution in [-0.2, 0) is 4.79 Å². The predicted molar refractivity (Wildman–Crippen MR) is 102 cm³/mol. The maximum Gasteiger partial charge on any atom is 0.321 e. The lowest BCUT2D eigenvalue weighted by molar-refractivity contribution is -0.126. The molecule has 3 aliphatic rings. The minimum Gasteiger partial charge on any atom is -0.490 e. The van der Waals surface area contributed by atoms with Gasteiger partial charge in [0, 0.05) is 43.6 Å². The van der Waals surface area contributed by atoms with Gasteiger partial charge in [-0.05, 0) is 25.7 Å². The first-order chi connectivity index (χ1) is 13.1. The van der Waals surface area contributed by atoms with Gasteiger partial charge in [0.1, 0.15) is 0 Å². The van der Waals surface area contributed by atoms with Gasteiger partial charge >= 0.3 is 6.03 Å². The lowest BCUT2D eigenvalue weighted by Crippen LogP contribution is -2.45. The van der Waals surface area contributed by atoms with Gasteiger partial charge in [0.2, 0.25) is 5.91 Å². The van der Waals surface area contributed by atoms with Crippen LogP contribution in [0.4, 0.5) is 10.5 Å². The number of nitrogens with zero attached hydrogens (tertiary/aromatic N) is 1. The average molecular weight is 394 g/mol. The monoisotopic (exact) mass is 393 g/mol. The molecule has 2 fully saturated rings. The number of urea groups is 1. The van der Waals surface area contributed by atoms with Crippen molar-refractivity contribution in [2.75, 3.05) is 31.6 Å². The highest BCUT2D eigenvalue weighted by Gasteiger charge is 2.31. The molecule has 0 atom stereocenters. The summed E-state index contributed by atoms with van der Waals surface area (Å²) < 4.78 is 11.3. The lowest BCUT2D eigenvalue weighted by Gasteiger charge is -2.31. The molecule has 7 nitrogen and oxygen atoms in total. The lowest BCUT2D eigenvalue weighted by atomic mass is 9.96. The zero-order valence-corrected chi connectivity index (χ0v) is 15.9. The highest BCUT2D eigenvalue weighted by molar-refractivity contribution is 6.34. The Bertz CT molecular complexity index is 730. The number of anilines is 1. The zero-order valence-electron chi connectivity index (χ0n) is 15.1. The number of benzene rings is 1. The Labute approximate surface area is 163 Å². The Kier molecular flexibility index (Phi) is 5.29. The van der Waals surface area contributed by atoms with Gasteiger partial charge in [0.05, 0.1) is 23.9 Å². The van der Waals surface area contributed by atoms with E-state index in [1.807, 2.05) is 0 Å². The second-order valence-electron chi connectivity index (χ2n) is 7.30. The average Bonchev–Trinajstić information content (AvgIpc) is 3.49. The molecule has 8 heteroatoms. The van der Waals surface area contributed by atoms with E-state index >= 15 is 0 Å².